The van der Waals surface area contributed by atoms with E-state index in [1.165, 1.54) is 0 Å². The number of benzene rings is 2. The van der Waals surface area contributed by atoms with E-state index in [1.54, 1.807) is 65.1 Å². The van der Waals surface area contributed by atoms with Crippen molar-refractivity contribution in [2.45, 2.75) is 0 Å². The van der Waals surface area contributed by atoms with Gasteiger partial charge >= 0.3 is 0 Å². The second kappa shape index (κ2) is 17.7. The van der Waals surface area contributed by atoms with Gasteiger partial charge in [-0.3, -0.25) is 14.8 Å². The number of H-pyrrole nitrogens is 1. The summed E-state index contributed by atoms with van der Waals surface area (Å²) in [6.07, 6.45) is 3.37. The monoisotopic (exact) mass is 722 g/mol. The van der Waals surface area contributed by atoms with E-state index in [0.29, 0.717) is 56.5 Å². The summed E-state index contributed by atoms with van der Waals surface area (Å²) in [5.41, 5.74) is 4.27. The summed E-state index contributed by atoms with van der Waals surface area (Å²) in [6, 6.07) is 25.7. The van der Waals surface area contributed by atoms with E-state index < -0.39 is 0 Å². The lowest BCUT2D eigenvalue weighted by atomic mass is 10.1. The van der Waals surface area contributed by atoms with Crippen molar-refractivity contribution in [1.29, 1.82) is 10.5 Å². The van der Waals surface area contributed by atoms with Crippen molar-refractivity contribution in [1.82, 2.24) is 19.9 Å². The SMILES string of the molecule is COc1ccc(-c2cc3ncccc3c(=O)[nH]2)cc1OC.COc1ccc(-c2cc3ncccc3c(OCC#N)n2)cc1OC.N#CCBr. The molecule has 6 rings (SSSR count). The van der Waals surface area contributed by atoms with Crippen LogP contribution >= 0.6 is 15.9 Å². The molecular formula is C36H31BrN6O6. The standard InChI is InChI=1S/C18H15N3O3.C16H14N2O3.C2H2BrN/c1-22-16-6-5-12(10-17(16)23-2)14-11-15-13(4-3-8-20-15)18(21-14)24-9-7-19;1-20-14-6-5-10(8-15(14)21-2)12-9-13-11(16(19)18-12)4-3-7-17-13;3-1-2-4/h3-6,8,10-11H,9H2,1-2H3;3-9H,1-2H3,(H,18,19);1H2. The number of aromatic amines is 1. The number of fused-ring (bicyclic) bond motifs is 2. The molecule has 49 heavy (non-hydrogen) atoms. The predicted molar refractivity (Wildman–Crippen MR) is 189 cm³/mol. The molecule has 0 unspecified atom stereocenters. The number of hydrogen-bond acceptors (Lipinski definition) is 11. The summed E-state index contributed by atoms with van der Waals surface area (Å²) in [5.74, 6) is 2.88. The van der Waals surface area contributed by atoms with Crippen LogP contribution in [0.15, 0.2) is 90.0 Å². The maximum Gasteiger partial charge on any atom is 0.257 e. The fraction of sp³-hybridized carbons (Fsp3) is 0.167. The van der Waals surface area contributed by atoms with Gasteiger partial charge in [0.05, 0.1) is 73.0 Å². The average Bonchev–Trinajstić information content (AvgIpc) is 3.16. The molecule has 1 N–H and O–H groups in total. The van der Waals surface area contributed by atoms with Crippen molar-refractivity contribution in [2.75, 3.05) is 40.4 Å². The van der Waals surface area contributed by atoms with Gasteiger partial charge in [0.1, 0.15) is 6.07 Å². The van der Waals surface area contributed by atoms with Crippen molar-refractivity contribution < 1.29 is 23.7 Å². The molecule has 6 aromatic rings. The van der Waals surface area contributed by atoms with Crippen LogP contribution in [-0.2, 0) is 0 Å². The molecule has 0 bridgehead atoms. The maximum absolute atomic E-state index is 12.1. The Labute approximate surface area is 290 Å². The van der Waals surface area contributed by atoms with E-state index in [-0.39, 0.29) is 12.2 Å². The molecular weight excluding hydrogens is 692 g/mol. The van der Waals surface area contributed by atoms with Crippen LogP contribution in [-0.4, -0.2) is 60.3 Å². The van der Waals surface area contributed by atoms with Gasteiger partial charge < -0.3 is 28.7 Å². The molecule has 4 aromatic heterocycles. The topological polar surface area (TPSA) is 165 Å². The van der Waals surface area contributed by atoms with Crippen molar-refractivity contribution in [3.8, 4) is 63.5 Å². The molecule has 2 aromatic carbocycles. The van der Waals surface area contributed by atoms with Gasteiger partial charge in [-0.15, -0.1) is 0 Å². The first-order valence-corrected chi connectivity index (χ1v) is 15.6. The molecule has 0 aliphatic heterocycles. The minimum absolute atomic E-state index is 0.0770. The molecule has 0 radical (unpaired) electrons. The summed E-state index contributed by atoms with van der Waals surface area (Å²) in [6.45, 7) is -0.0770. The number of hydrogen-bond donors (Lipinski definition) is 1. The number of methoxy groups -OCH3 is 4. The van der Waals surface area contributed by atoms with Gasteiger partial charge in [0, 0.05) is 23.5 Å². The molecule has 0 aliphatic carbocycles. The molecule has 12 nitrogen and oxygen atoms in total. The number of halogens is 1. The molecule has 0 saturated carbocycles. The van der Waals surface area contributed by atoms with Crippen LogP contribution in [0.4, 0.5) is 0 Å². The predicted octanol–water partition coefficient (Wildman–Crippen LogP) is 6.73. The van der Waals surface area contributed by atoms with E-state index in [0.717, 1.165) is 22.0 Å². The molecule has 0 atom stereocenters. The lowest BCUT2D eigenvalue weighted by Gasteiger charge is -2.11. The highest BCUT2D eigenvalue weighted by molar-refractivity contribution is 9.09. The number of nitrogens with zero attached hydrogens (tertiary/aromatic N) is 5. The number of nitriles is 2. The molecule has 0 fully saturated rings. The highest BCUT2D eigenvalue weighted by Gasteiger charge is 2.13. The van der Waals surface area contributed by atoms with Crippen molar-refractivity contribution in [3.05, 3.63) is 95.5 Å². The van der Waals surface area contributed by atoms with Crippen molar-refractivity contribution in [2.24, 2.45) is 0 Å². The number of pyridine rings is 4. The highest BCUT2D eigenvalue weighted by atomic mass is 79.9. The Morgan fingerprint density at radius 3 is 1.84 bits per heavy atom. The van der Waals surface area contributed by atoms with Crippen LogP contribution in [0.25, 0.3) is 44.3 Å². The number of ether oxygens (including phenoxy) is 5. The zero-order valence-corrected chi connectivity index (χ0v) is 28.6. The molecule has 13 heteroatoms. The first-order chi connectivity index (χ1) is 23.9. The summed E-state index contributed by atoms with van der Waals surface area (Å²) in [4.78, 5) is 28.1. The summed E-state index contributed by atoms with van der Waals surface area (Å²) in [7, 11) is 6.33. The molecule has 0 aliphatic rings. The van der Waals surface area contributed by atoms with Gasteiger partial charge in [0.2, 0.25) is 5.88 Å². The molecule has 4 heterocycles. The molecule has 0 saturated heterocycles. The van der Waals surface area contributed by atoms with E-state index in [1.807, 2.05) is 60.7 Å². The van der Waals surface area contributed by atoms with Crippen LogP contribution in [0.3, 0.4) is 0 Å². The van der Waals surface area contributed by atoms with Crippen LogP contribution in [0.5, 0.6) is 28.9 Å². The smallest absolute Gasteiger partial charge is 0.257 e. The van der Waals surface area contributed by atoms with Gasteiger partial charge in [-0.05, 0) is 72.8 Å². The number of nitrogens with one attached hydrogen (secondary N) is 1. The summed E-state index contributed by atoms with van der Waals surface area (Å²) < 4.78 is 26.6. The third-order valence-corrected chi connectivity index (χ3v) is 7.13. The number of rotatable bonds is 8. The minimum Gasteiger partial charge on any atom is -0.493 e. The Balaban J connectivity index is 0.000000201. The Hall–Kier alpha value is -6.18. The minimum atomic E-state index is -0.162. The number of aromatic nitrogens is 4. The van der Waals surface area contributed by atoms with Crippen molar-refractivity contribution >= 4 is 37.7 Å². The zero-order chi connectivity index (χ0) is 35.2. The summed E-state index contributed by atoms with van der Waals surface area (Å²) in [5, 5.41) is 18.1. The van der Waals surface area contributed by atoms with Gasteiger partial charge in [0.15, 0.2) is 29.6 Å². The van der Waals surface area contributed by atoms with E-state index in [4.69, 9.17) is 34.2 Å². The zero-order valence-electron chi connectivity index (χ0n) is 27.1. The molecule has 0 amide bonds. The van der Waals surface area contributed by atoms with Crippen LogP contribution < -0.4 is 29.2 Å². The first kappa shape index (κ1) is 35.7. The third-order valence-electron chi connectivity index (χ3n) is 6.88. The van der Waals surface area contributed by atoms with E-state index >= 15 is 0 Å². The van der Waals surface area contributed by atoms with Gasteiger partial charge in [0.25, 0.3) is 5.56 Å². The van der Waals surface area contributed by atoms with Crippen LogP contribution in [0.1, 0.15) is 0 Å². The highest BCUT2D eigenvalue weighted by Crippen LogP contribution is 2.34. The molecule has 248 valence electrons. The first-order valence-electron chi connectivity index (χ1n) is 14.5. The van der Waals surface area contributed by atoms with Crippen LogP contribution in [0.2, 0.25) is 0 Å². The quantitative estimate of drug-likeness (QED) is 0.166. The van der Waals surface area contributed by atoms with E-state index in [9.17, 15) is 4.79 Å². The van der Waals surface area contributed by atoms with Crippen molar-refractivity contribution in [3.63, 3.8) is 0 Å². The lowest BCUT2D eigenvalue weighted by molar-refractivity contribution is 0.355. The summed E-state index contributed by atoms with van der Waals surface area (Å²) >= 11 is 2.89. The molecule has 0 spiro atoms. The number of alkyl halides is 1. The lowest BCUT2D eigenvalue weighted by Crippen LogP contribution is -2.07. The second-order valence-electron chi connectivity index (χ2n) is 9.71. The Morgan fingerprint density at radius 1 is 0.714 bits per heavy atom. The van der Waals surface area contributed by atoms with Gasteiger partial charge in [-0.2, -0.15) is 10.5 Å². The average molecular weight is 724 g/mol. The fourth-order valence-corrected chi connectivity index (χ4v) is 4.65. The largest absolute Gasteiger partial charge is 0.493 e. The normalized spacial score (nSPS) is 9.94. The third kappa shape index (κ3) is 8.80. The van der Waals surface area contributed by atoms with Gasteiger partial charge in [-0.25, -0.2) is 4.98 Å². The second-order valence-corrected chi connectivity index (χ2v) is 10.3. The fourth-order valence-electron chi connectivity index (χ4n) is 4.65. The Bertz CT molecular complexity index is 2200. The Morgan fingerprint density at radius 2 is 1.27 bits per heavy atom. The van der Waals surface area contributed by atoms with Crippen LogP contribution in [0, 0.1) is 22.7 Å². The Kier molecular flexibility index (Phi) is 12.9. The van der Waals surface area contributed by atoms with E-state index in [2.05, 4.69) is 35.9 Å². The maximum atomic E-state index is 12.1. The van der Waals surface area contributed by atoms with Gasteiger partial charge in [-0.1, -0.05) is 15.9 Å².